The minimum atomic E-state index is -0.0847. The smallest absolute Gasteiger partial charge is 0.0613 e. The fourth-order valence-electron chi connectivity index (χ4n) is 2.85. The number of aliphatic hydroxyl groups excluding tert-OH is 1. The van der Waals surface area contributed by atoms with Crippen molar-refractivity contribution in [1.29, 1.82) is 0 Å². The molecule has 0 aromatic heterocycles. The summed E-state index contributed by atoms with van der Waals surface area (Å²) < 4.78 is 0. The molecule has 1 aromatic carbocycles. The van der Waals surface area contributed by atoms with E-state index in [1.165, 1.54) is 24.0 Å². The summed E-state index contributed by atoms with van der Waals surface area (Å²) in [6.07, 6.45) is 4.54. The number of halogens is 1. The molecule has 19 heavy (non-hydrogen) atoms. The maximum atomic E-state index is 9.74. The Labute approximate surface area is 121 Å². The van der Waals surface area contributed by atoms with Gasteiger partial charge in [-0.05, 0) is 61.8 Å². The molecule has 1 saturated carbocycles. The molecular formula is C16H24ClNO. The number of benzene rings is 1. The molecule has 0 unspecified atom stereocenters. The van der Waals surface area contributed by atoms with Crippen LogP contribution in [0.4, 0.5) is 0 Å². The van der Waals surface area contributed by atoms with Crippen molar-refractivity contribution in [2.24, 2.45) is 5.92 Å². The van der Waals surface area contributed by atoms with Gasteiger partial charge in [0.15, 0.2) is 0 Å². The second-order valence-electron chi connectivity index (χ2n) is 6.05. The van der Waals surface area contributed by atoms with E-state index in [-0.39, 0.29) is 12.1 Å². The molecule has 0 aliphatic heterocycles. The maximum absolute atomic E-state index is 9.74. The summed E-state index contributed by atoms with van der Waals surface area (Å²) >= 11 is 5.98. The van der Waals surface area contributed by atoms with E-state index in [0.29, 0.717) is 0 Å². The Morgan fingerprint density at radius 3 is 2.63 bits per heavy atom. The molecule has 2 nitrogen and oxygen atoms in total. The van der Waals surface area contributed by atoms with Crippen molar-refractivity contribution in [3.8, 4) is 0 Å². The molecule has 106 valence electrons. The lowest BCUT2D eigenvalue weighted by atomic mass is 9.77. The summed E-state index contributed by atoms with van der Waals surface area (Å²) in [4.78, 5) is 0. The average molecular weight is 282 g/mol. The Bertz CT molecular complexity index is 425. The lowest BCUT2D eigenvalue weighted by Crippen LogP contribution is -2.50. The second-order valence-corrected chi connectivity index (χ2v) is 6.48. The lowest BCUT2D eigenvalue weighted by Gasteiger charge is -2.39. The zero-order chi connectivity index (χ0) is 13.9. The standard InChI is InChI=1S/C16H24ClNO/c1-12-5-7-16(11-19,8-6-12)18-10-14-3-4-15(17)9-13(14)2/h3-4,9,12,18-19H,5-8,10-11H2,1-2H3. The van der Waals surface area contributed by atoms with Crippen LogP contribution in [-0.4, -0.2) is 17.3 Å². The third kappa shape index (κ3) is 3.71. The van der Waals surface area contributed by atoms with Crippen LogP contribution in [0.1, 0.15) is 43.7 Å². The van der Waals surface area contributed by atoms with Gasteiger partial charge in [0.1, 0.15) is 0 Å². The first-order valence-corrected chi connectivity index (χ1v) is 7.53. The largest absolute Gasteiger partial charge is 0.394 e. The quantitative estimate of drug-likeness (QED) is 0.882. The summed E-state index contributed by atoms with van der Waals surface area (Å²) in [5, 5.41) is 14.1. The number of nitrogens with one attached hydrogen (secondary N) is 1. The predicted octanol–water partition coefficient (Wildman–Crippen LogP) is 3.68. The van der Waals surface area contributed by atoms with Gasteiger partial charge in [0, 0.05) is 17.1 Å². The molecule has 1 aromatic rings. The Morgan fingerprint density at radius 2 is 2.05 bits per heavy atom. The molecule has 0 atom stereocenters. The summed E-state index contributed by atoms with van der Waals surface area (Å²) in [5.74, 6) is 0.791. The van der Waals surface area contributed by atoms with E-state index < -0.39 is 0 Å². The van der Waals surface area contributed by atoms with Crippen LogP contribution in [0.15, 0.2) is 18.2 Å². The number of hydrogen-bond donors (Lipinski definition) is 2. The number of rotatable bonds is 4. The summed E-state index contributed by atoms with van der Waals surface area (Å²) in [7, 11) is 0. The van der Waals surface area contributed by atoms with Crippen LogP contribution in [0.25, 0.3) is 0 Å². The minimum absolute atomic E-state index is 0.0847. The predicted molar refractivity (Wildman–Crippen MR) is 80.5 cm³/mol. The zero-order valence-electron chi connectivity index (χ0n) is 11.9. The van der Waals surface area contributed by atoms with Crippen LogP contribution < -0.4 is 5.32 Å². The van der Waals surface area contributed by atoms with E-state index in [2.05, 4.69) is 25.2 Å². The molecule has 0 bridgehead atoms. The van der Waals surface area contributed by atoms with Gasteiger partial charge in [-0.25, -0.2) is 0 Å². The van der Waals surface area contributed by atoms with Crippen LogP contribution in [0.5, 0.6) is 0 Å². The van der Waals surface area contributed by atoms with E-state index in [4.69, 9.17) is 11.6 Å². The third-order valence-corrected chi connectivity index (χ3v) is 4.73. The molecule has 2 N–H and O–H groups in total. The highest BCUT2D eigenvalue weighted by atomic mass is 35.5. The molecule has 3 heteroatoms. The molecule has 0 amide bonds. The van der Waals surface area contributed by atoms with Crippen LogP contribution in [0.3, 0.4) is 0 Å². The molecule has 1 fully saturated rings. The first-order valence-electron chi connectivity index (χ1n) is 7.15. The molecular weight excluding hydrogens is 258 g/mol. The Hall–Kier alpha value is -0.570. The highest BCUT2D eigenvalue weighted by Crippen LogP contribution is 2.32. The SMILES string of the molecule is Cc1cc(Cl)ccc1CNC1(CO)CCC(C)CC1. The highest BCUT2D eigenvalue weighted by molar-refractivity contribution is 6.30. The number of hydrogen-bond acceptors (Lipinski definition) is 2. The van der Waals surface area contributed by atoms with Crippen molar-refractivity contribution in [2.75, 3.05) is 6.61 Å². The van der Waals surface area contributed by atoms with Gasteiger partial charge in [0.25, 0.3) is 0 Å². The topological polar surface area (TPSA) is 32.3 Å². The second kappa shape index (κ2) is 6.25. The molecule has 0 heterocycles. The molecule has 2 rings (SSSR count). The monoisotopic (exact) mass is 281 g/mol. The van der Waals surface area contributed by atoms with Gasteiger partial charge in [-0.15, -0.1) is 0 Å². The van der Waals surface area contributed by atoms with Crippen LogP contribution >= 0.6 is 11.6 Å². The fourth-order valence-corrected chi connectivity index (χ4v) is 3.07. The summed E-state index contributed by atoms with van der Waals surface area (Å²) in [6, 6.07) is 5.99. The van der Waals surface area contributed by atoms with E-state index in [1.54, 1.807) is 0 Å². The van der Waals surface area contributed by atoms with Gasteiger partial charge in [-0.3, -0.25) is 0 Å². The Morgan fingerprint density at radius 1 is 1.37 bits per heavy atom. The minimum Gasteiger partial charge on any atom is -0.394 e. The van der Waals surface area contributed by atoms with Crippen molar-refractivity contribution in [3.05, 3.63) is 34.3 Å². The average Bonchev–Trinajstić information content (AvgIpc) is 2.40. The van der Waals surface area contributed by atoms with E-state index >= 15 is 0 Å². The first kappa shape index (κ1) is 14.8. The summed E-state index contributed by atoms with van der Waals surface area (Å²) in [5.41, 5.74) is 2.38. The lowest BCUT2D eigenvalue weighted by molar-refractivity contribution is 0.104. The molecule has 0 spiro atoms. The van der Waals surface area contributed by atoms with Crippen LogP contribution in [-0.2, 0) is 6.54 Å². The van der Waals surface area contributed by atoms with E-state index in [1.807, 2.05) is 12.1 Å². The number of aliphatic hydroxyl groups is 1. The van der Waals surface area contributed by atoms with Gasteiger partial charge < -0.3 is 10.4 Å². The van der Waals surface area contributed by atoms with E-state index in [0.717, 1.165) is 30.3 Å². The van der Waals surface area contributed by atoms with Crippen molar-refractivity contribution >= 4 is 11.6 Å². The van der Waals surface area contributed by atoms with Crippen LogP contribution in [0, 0.1) is 12.8 Å². The number of aryl methyl sites for hydroxylation is 1. The van der Waals surface area contributed by atoms with Gasteiger partial charge in [0.05, 0.1) is 6.61 Å². The third-order valence-electron chi connectivity index (χ3n) is 4.49. The van der Waals surface area contributed by atoms with Crippen molar-refractivity contribution in [1.82, 2.24) is 5.32 Å². The van der Waals surface area contributed by atoms with Gasteiger partial charge in [-0.2, -0.15) is 0 Å². The summed E-state index contributed by atoms with van der Waals surface area (Å²) in [6.45, 7) is 5.41. The molecule has 1 aliphatic rings. The van der Waals surface area contributed by atoms with Crippen molar-refractivity contribution < 1.29 is 5.11 Å². The molecule has 0 radical (unpaired) electrons. The Balaban J connectivity index is 2.00. The van der Waals surface area contributed by atoms with Gasteiger partial charge in [-0.1, -0.05) is 24.6 Å². The molecule has 0 saturated heterocycles. The Kier molecular flexibility index (Phi) is 4.88. The van der Waals surface area contributed by atoms with Crippen molar-refractivity contribution in [2.45, 2.75) is 51.6 Å². The van der Waals surface area contributed by atoms with Crippen molar-refractivity contribution in [3.63, 3.8) is 0 Å². The zero-order valence-corrected chi connectivity index (χ0v) is 12.6. The normalized spacial score (nSPS) is 27.5. The first-order chi connectivity index (χ1) is 9.04. The molecule has 1 aliphatic carbocycles. The van der Waals surface area contributed by atoms with E-state index in [9.17, 15) is 5.11 Å². The van der Waals surface area contributed by atoms with Gasteiger partial charge in [0.2, 0.25) is 0 Å². The maximum Gasteiger partial charge on any atom is 0.0613 e. The van der Waals surface area contributed by atoms with Gasteiger partial charge >= 0.3 is 0 Å². The van der Waals surface area contributed by atoms with Crippen LogP contribution in [0.2, 0.25) is 5.02 Å². The fraction of sp³-hybridized carbons (Fsp3) is 0.625. The highest BCUT2D eigenvalue weighted by Gasteiger charge is 2.32.